The zero-order valence-corrected chi connectivity index (χ0v) is 8.24. The van der Waals surface area contributed by atoms with E-state index in [0.717, 1.165) is 6.29 Å². The number of rotatable bonds is 4. The zero-order chi connectivity index (χ0) is 8.97. The summed E-state index contributed by atoms with van der Waals surface area (Å²) in [5.41, 5.74) is 0.548. The molecule has 0 aliphatic carbocycles. The highest BCUT2D eigenvalue weighted by Crippen LogP contribution is 2.13. The summed E-state index contributed by atoms with van der Waals surface area (Å²) in [6, 6.07) is 0. The summed E-state index contributed by atoms with van der Waals surface area (Å²) in [7, 11) is 1.61. The average Bonchev–Trinajstić information content (AvgIpc) is 2.43. The molecule has 0 spiro atoms. The number of nitrogens with zero attached hydrogens (tertiary/aromatic N) is 2. The Labute approximate surface area is 78.6 Å². The molecule has 0 aliphatic heterocycles. The second kappa shape index (κ2) is 4.37. The second-order valence-electron chi connectivity index (χ2n) is 2.21. The number of aromatic nitrogens is 2. The summed E-state index contributed by atoms with van der Waals surface area (Å²) in [5.74, 6) is 0. The van der Waals surface area contributed by atoms with Gasteiger partial charge in [0.2, 0.25) is 0 Å². The number of halogens is 1. The normalized spacial score (nSPS) is 10.2. The highest BCUT2D eigenvalue weighted by Gasteiger charge is 2.05. The van der Waals surface area contributed by atoms with E-state index < -0.39 is 0 Å². The van der Waals surface area contributed by atoms with Crippen molar-refractivity contribution < 1.29 is 9.53 Å². The average molecular weight is 233 g/mol. The second-order valence-corrected chi connectivity index (χ2v) is 3.07. The fourth-order valence-corrected chi connectivity index (χ4v) is 1.23. The van der Waals surface area contributed by atoms with Gasteiger partial charge in [0.05, 0.1) is 23.8 Å². The van der Waals surface area contributed by atoms with Crippen LogP contribution in [0.2, 0.25) is 0 Å². The molecule has 4 nitrogen and oxygen atoms in total. The molecule has 0 radical (unpaired) electrons. The van der Waals surface area contributed by atoms with Gasteiger partial charge in [-0.15, -0.1) is 0 Å². The number of ether oxygens (including phenoxy) is 1. The highest BCUT2D eigenvalue weighted by molar-refractivity contribution is 9.10. The van der Waals surface area contributed by atoms with Gasteiger partial charge in [0.15, 0.2) is 6.29 Å². The summed E-state index contributed by atoms with van der Waals surface area (Å²) in [4.78, 5) is 10.5. The summed E-state index contributed by atoms with van der Waals surface area (Å²) in [5, 5.41) is 3.98. The molecular formula is C7H9BrN2O2. The van der Waals surface area contributed by atoms with Gasteiger partial charge in [0, 0.05) is 7.11 Å². The van der Waals surface area contributed by atoms with E-state index in [9.17, 15) is 4.79 Å². The molecular weight excluding hydrogens is 224 g/mol. The van der Waals surface area contributed by atoms with Crippen molar-refractivity contribution in [3.63, 3.8) is 0 Å². The van der Waals surface area contributed by atoms with E-state index in [0.29, 0.717) is 23.3 Å². The van der Waals surface area contributed by atoms with E-state index in [2.05, 4.69) is 21.0 Å². The Bertz CT molecular complexity index is 272. The first-order chi connectivity index (χ1) is 5.79. The van der Waals surface area contributed by atoms with Gasteiger partial charge in [-0.3, -0.25) is 9.48 Å². The largest absolute Gasteiger partial charge is 0.383 e. The van der Waals surface area contributed by atoms with Gasteiger partial charge in [-0.1, -0.05) is 0 Å². The number of aldehydes is 1. The van der Waals surface area contributed by atoms with Crippen LogP contribution in [-0.2, 0) is 11.3 Å². The smallest absolute Gasteiger partial charge is 0.169 e. The summed E-state index contributed by atoms with van der Waals surface area (Å²) in [6.07, 6.45) is 2.37. The number of methoxy groups -OCH3 is 1. The van der Waals surface area contributed by atoms with Gasteiger partial charge < -0.3 is 4.74 Å². The molecule has 5 heteroatoms. The van der Waals surface area contributed by atoms with Gasteiger partial charge >= 0.3 is 0 Å². The first kappa shape index (κ1) is 9.41. The Morgan fingerprint density at radius 3 is 3.17 bits per heavy atom. The molecule has 0 atom stereocenters. The molecule has 1 aromatic rings. The van der Waals surface area contributed by atoms with E-state index in [4.69, 9.17) is 4.74 Å². The van der Waals surface area contributed by atoms with Crippen LogP contribution in [0.1, 0.15) is 10.5 Å². The molecule has 1 rings (SSSR count). The molecule has 0 aliphatic rings. The summed E-state index contributed by atoms with van der Waals surface area (Å²) < 4.78 is 7.18. The molecule has 0 N–H and O–H groups in total. The highest BCUT2D eigenvalue weighted by atomic mass is 79.9. The lowest BCUT2D eigenvalue weighted by molar-refractivity contribution is 0.111. The van der Waals surface area contributed by atoms with Crippen molar-refractivity contribution in [2.75, 3.05) is 13.7 Å². The Kier molecular flexibility index (Phi) is 3.43. The summed E-state index contributed by atoms with van der Waals surface area (Å²) >= 11 is 3.21. The minimum absolute atomic E-state index is 0.548. The first-order valence-electron chi connectivity index (χ1n) is 3.45. The van der Waals surface area contributed by atoms with Crippen molar-refractivity contribution >= 4 is 22.2 Å². The third-order valence-electron chi connectivity index (χ3n) is 1.45. The zero-order valence-electron chi connectivity index (χ0n) is 6.66. The monoisotopic (exact) mass is 232 g/mol. The van der Waals surface area contributed by atoms with Crippen molar-refractivity contribution in [2.45, 2.75) is 6.54 Å². The van der Waals surface area contributed by atoms with Gasteiger partial charge in [-0.05, 0) is 15.9 Å². The molecule has 0 saturated carbocycles. The van der Waals surface area contributed by atoms with Gasteiger partial charge in [-0.25, -0.2) is 0 Å². The molecule has 12 heavy (non-hydrogen) atoms. The third-order valence-corrected chi connectivity index (χ3v) is 2.06. The van der Waals surface area contributed by atoms with Gasteiger partial charge in [-0.2, -0.15) is 5.10 Å². The van der Waals surface area contributed by atoms with Crippen molar-refractivity contribution in [2.24, 2.45) is 0 Å². The lowest BCUT2D eigenvalue weighted by atomic mass is 10.5. The van der Waals surface area contributed by atoms with Crippen LogP contribution in [0.3, 0.4) is 0 Å². The molecule has 0 saturated heterocycles. The van der Waals surface area contributed by atoms with Crippen molar-refractivity contribution in [1.82, 2.24) is 9.78 Å². The quantitative estimate of drug-likeness (QED) is 0.731. The molecule has 0 unspecified atom stereocenters. The Morgan fingerprint density at radius 1 is 1.83 bits per heavy atom. The molecule has 66 valence electrons. The van der Waals surface area contributed by atoms with E-state index in [1.54, 1.807) is 18.0 Å². The topological polar surface area (TPSA) is 44.1 Å². The maximum absolute atomic E-state index is 10.5. The lowest BCUT2D eigenvalue weighted by Crippen LogP contribution is -2.08. The molecule has 1 aromatic heterocycles. The Hall–Kier alpha value is -0.680. The van der Waals surface area contributed by atoms with E-state index in [-0.39, 0.29) is 0 Å². The third kappa shape index (κ3) is 1.92. The lowest BCUT2D eigenvalue weighted by Gasteiger charge is -2.01. The fraction of sp³-hybridized carbons (Fsp3) is 0.429. The minimum Gasteiger partial charge on any atom is -0.383 e. The van der Waals surface area contributed by atoms with Crippen molar-refractivity contribution in [1.29, 1.82) is 0 Å². The number of carbonyl (C=O) groups is 1. The molecule has 0 aromatic carbocycles. The number of carbonyl (C=O) groups excluding carboxylic acids is 1. The minimum atomic E-state index is 0.548. The standard InChI is InChI=1S/C7H9BrN2O2/c1-12-3-2-10-7(5-11)6(8)4-9-10/h4-5H,2-3H2,1H3. The number of hydrogen-bond acceptors (Lipinski definition) is 3. The van der Waals surface area contributed by atoms with Crippen LogP contribution in [-0.4, -0.2) is 29.8 Å². The first-order valence-corrected chi connectivity index (χ1v) is 4.24. The van der Waals surface area contributed by atoms with Crippen LogP contribution in [0.4, 0.5) is 0 Å². The molecule has 1 heterocycles. The predicted octanol–water partition coefficient (Wildman–Crippen LogP) is 1.10. The van der Waals surface area contributed by atoms with Crippen LogP contribution >= 0.6 is 15.9 Å². The maximum Gasteiger partial charge on any atom is 0.169 e. The van der Waals surface area contributed by atoms with Crippen LogP contribution < -0.4 is 0 Å². The fourth-order valence-electron chi connectivity index (χ4n) is 0.845. The van der Waals surface area contributed by atoms with Crippen LogP contribution in [0.15, 0.2) is 10.7 Å². The predicted molar refractivity (Wildman–Crippen MR) is 47.2 cm³/mol. The van der Waals surface area contributed by atoms with E-state index in [1.165, 1.54) is 0 Å². The molecule has 0 bridgehead atoms. The SMILES string of the molecule is COCCn1ncc(Br)c1C=O. The molecule has 0 amide bonds. The van der Waals surface area contributed by atoms with Gasteiger partial charge in [0.1, 0.15) is 5.69 Å². The summed E-state index contributed by atoms with van der Waals surface area (Å²) in [6.45, 7) is 1.14. The van der Waals surface area contributed by atoms with Crippen LogP contribution in [0.5, 0.6) is 0 Å². The van der Waals surface area contributed by atoms with Gasteiger partial charge in [0.25, 0.3) is 0 Å². The molecule has 0 fully saturated rings. The van der Waals surface area contributed by atoms with Crippen molar-refractivity contribution in [3.05, 3.63) is 16.4 Å². The Morgan fingerprint density at radius 2 is 2.58 bits per heavy atom. The van der Waals surface area contributed by atoms with E-state index in [1.807, 2.05) is 0 Å². The van der Waals surface area contributed by atoms with Crippen LogP contribution in [0, 0.1) is 0 Å². The maximum atomic E-state index is 10.5. The van der Waals surface area contributed by atoms with E-state index >= 15 is 0 Å². The van der Waals surface area contributed by atoms with Crippen molar-refractivity contribution in [3.8, 4) is 0 Å². The number of hydrogen-bond donors (Lipinski definition) is 0. The van der Waals surface area contributed by atoms with Crippen LogP contribution in [0.25, 0.3) is 0 Å². The Balaban J connectivity index is 2.77.